The second kappa shape index (κ2) is 5.97. The van der Waals surface area contributed by atoms with Crippen LogP contribution in [0.4, 0.5) is 0 Å². The van der Waals surface area contributed by atoms with E-state index in [-0.39, 0.29) is 10.3 Å². The normalized spacial score (nSPS) is 12.2. The zero-order valence-electron chi connectivity index (χ0n) is 12.6. The van der Waals surface area contributed by atoms with Gasteiger partial charge in [0.25, 0.3) is 0 Å². The van der Waals surface area contributed by atoms with E-state index in [1.54, 1.807) is 12.1 Å². The van der Waals surface area contributed by atoms with Gasteiger partial charge in [-0.1, -0.05) is 34.3 Å². The van der Waals surface area contributed by atoms with E-state index in [2.05, 4.69) is 6.58 Å². The Kier molecular flexibility index (Phi) is 5.00. The van der Waals surface area contributed by atoms with Gasteiger partial charge in [-0.2, -0.15) is 0 Å². The van der Waals surface area contributed by atoms with E-state index in [0.29, 0.717) is 12.4 Å². The summed E-state index contributed by atoms with van der Waals surface area (Å²) < 4.78 is 28.7. The van der Waals surface area contributed by atoms with Crippen molar-refractivity contribution in [2.45, 2.75) is 44.4 Å². The van der Waals surface area contributed by atoms with Gasteiger partial charge in [-0.3, -0.25) is 0 Å². The van der Waals surface area contributed by atoms with Gasteiger partial charge in [0.2, 0.25) is 10.0 Å². The van der Waals surface area contributed by atoms with Gasteiger partial charge in [-0.05, 0) is 35.6 Å². The molecule has 0 aromatic heterocycles. The third-order valence-electron chi connectivity index (χ3n) is 3.02. The first-order valence-corrected chi connectivity index (χ1v) is 8.07. The van der Waals surface area contributed by atoms with E-state index >= 15 is 0 Å². The molecule has 20 heavy (non-hydrogen) atoms. The van der Waals surface area contributed by atoms with Crippen LogP contribution in [-0.2, 0) is 15.4 Å². The number of ether oxygens (including phenoxy) is 1. The minimum absolute atomic E-state index is 0.101. The average molecular weight is 297 g/mol. The van der Waals surface area contributed by atoms with Crippen molar-refractivity contribution in [3.63, 3.8) is 0 Å². The van der Waals surface area contributed by atoms with Crippen LogP contribution in [0.2, 0.25) is 0 Å². The Hall–Kier alpha value is -1.33. The van der Waals surface area contributed by atoms with Gasteiger partial charge in [-0.25, -0.2) is 13.6 Å². The van der Waals surface area contributed by atoms with E-state index in [0.717, 1.165) is 17.6 Å². The summed E-state index contributed by atoms with van der Waals surface area (Å²) in [6.07, 6.45) is 0.847. The van der Waals surface area contributed by atoms with Crippen molar-refractivity contribution in [1.29, 1.82) is 0 Å². The maximum absolute atomic E-state index is 11.5. The van der Waals surface area contributed by atoms with Crippen LogP contribution in [0.1, 0.15) is 39.7 Å². The number of rotatable bonds is 5. The van der Waals surface area contributed by atoms with Crippen LogP contribution in [0.25, 0.3) is 0 Å². The molecule has 112 valence electrons. The Morgan fingerprint density at radius 2 is 1.95 bits per heavy atom. The second-order valence-electron chi connectivity index (χ2n) is 5.85. The van der Waals surface area contributed by atoms with Crippen molar-refractivity contribution < 1.29 is 13.2 Å². The Bertz CT molecular complexity index is 598. The van der Waals surface area contributed by atoms with Gasteiger partial charge in [-0.15, -0.1) is 0 Å². The number of benzene rings is 1. The zero-order valence-corrected chi connectivity index (χ0v) is 13.4. The predicted octanol–water partition coefficient (Wildman–Crippen LogP) is 2.98. The van der Waals surface area contributed by atoms with E-state index in [1.165, 1.54) is 6.07 Å². The highest BCUT2D eigenvalue weighted by molar-refractivity contribution is 7.89. The van der Waals surface area contributed by atoms with Crippen molar-refractivity contribution >= 4 is 10.0 Å². The number of hydrogen-bond donors (Lipinski definition) is 1. The second-order valence-corrected chi connectivity index (χ2v) is 7.41. The van der Waals surface area contributed by atoms with E-state index in [4.69, 9.17) is 9.88 Å². The summed E-state index contributed by atoms with van der Waals surface area (Å²) in [5.41, 5.74) is 1.55. The summed E-state index contributed by atoms with van der Waals surface area (Å²) in [6, 6.07) is 4.71. The number of primary sulfonamides is 1. The molecule has 0 spiro atoms. The molecule has 2 N–H and O–H groups in total. The number of nitrogens with two attached hydrogens (primary N) is 1. The van der Waals surface area contributed by atoms with Crippen molar-refractivity contribution in [3.05, 3.63) is 35.9 Å². The van der Waals surface area contributed by atoms with Crippen molar-refractivity contribution in [3.8, 4) is 5.75 Å². The highest BCUT2D eigenvalue weighted by Crippen LogP contribution is 2.33. The maximum Gasteiger partial charge on any atom is 0.238 e. The molecule has 0 amide bonds. The lowest BCUT2D eigenvalue weighted by molar-refractivity contribution is 0.337. The lowest BCUT2D eigenvalue weighted by atomic mass is 9.86. The molecule has 0 heterocycles. The molecule has 0 saturated carbocycles. The molecule has 1 rings (SSSR count). The van der Waals surface area contributed by atoms with Crippen LogP contribution in [0, 0.1) is 0 Å². The third kappa shape index (κ3) is 4.35. The smallest absolute Gasteiger partial charge is 0.238 e. The van der Waals surface area contributed by atoms with Gasteiger partial charge >= 0.3 is 0 Å². The molecule has 0 atom stereocenters. The number of hydrogen-bond acceptors (Lipinski definition) is 3. The molecule has 0 bridgehead atoms. The monoisotopic (exact) mass is 297 g/mol. The zero-order chi connectivity index (χ0) is 15.6. The SMILES string of the molecule is C=C(CC)COc1ccc(S(N)(=O)=O)cc1C(C)(C)C. The largest absolute Gasteiger partial charge is 0.489 e. The van der Waals surface area contributed by atoms with Crippen LogP contribution in [0.3, 0.4) is 0 Å². The van der Waals surface area contributed by atoms with E-state index in [1.807, 2.05) is 27.7 Å². The van der Waals surface area contributed by atoms with Gasteiger partial charge in [0.1, 0.15) is 12.4 Å². The first kappa shape index (κ1) is 16.7. The fourth-order valence-corrected chi connectivity index (χ4v) is 2.22. The van der Waals surface area contributed by atoms with Crippen LogP contribution in [-0.4, -0.2) is 15.0 Å². The van der Waals surface area contributed by atoms with Gasteiger partial charge < -0.3 is 4.74 Å². The van der Waals surface area contributed by atoms with Crippen molar-refractivity contribution in [1.82, 2.24) is 0 Å². The number of sulfonamides is 1. The molecule has 4 nitrogen and oxygen atoms in total. The van der Waals surface area contributed by atoms with E-state index < -0.39 is 10.0 Å². The minimum atomic E-state index is -3.71. The first-order chi connectivity index (χ1) is 9.05. The Morgan fingerprint density at radius 1 is 1.35 bits per heavy atom. The summed E-state index contributed by atoms with van der Waals surface area (Å²) in [5, 5.41) is 5.18. The molecule has 5 heteroatoms. The van der Waals surface area contributed by atoms with Gasteiger partial charge in [0, 0.05) is 5.56 Å². The molecule has 1 aromatic carbocycles. The fourth-order valence-electron chi connectivity index (χ4n) is 1.68. The van der Waals surface area contributed by atoms with E-state index in [9.17, 15) is 8.42 Å². The summed E-state index contributed by atoms with van der Waals surface area (Å²) >= 11 is 0. The molecule has 0 aliphatic heterocycles. The lowest BCUT2D eigenvalue weighted by Gasteiger charge is -2.23. The van der Waals surface area contributed by atoms with Gasteiger partial charge in [0.05, 0.1) is 4.90 Å². The molecule has 0 unspecified atom stereocenters. The molecule has 1 aromatic rings. The van der Waals surface area contributed by atoms with Crippen LogP contribution in [0.15, 0.2) is 35.2 Å². The Morgan fingerprint density at radius 3 is 2.40 bits per heavy atom. The van der Waals surface area contributed by atoms with Crippen molar-refractivity contribution in [2.75, 3.05) is 6.61 Å². The third-order valence-corrected chi connectivity index (χ3v) is 3.93. The molecule has 0 aliphatic rings. The highest BCUT2D eigenvalue weighted by Gasteiger charge is 2.22. The average Bonchev–Trinajstić information content (AvgIpc) is 2.33. The molecule has 0 fully saturated rings. The van der Waals surface area contributed by atoms with Crippen molar-refractivity contribution in [2.24, 2.45) is 5.14 Å². The fraction of sp³-hybridized carbons (Fsp3) is 0.467. The van der Waals surface area contributed by atoms with Crippen LogP contribution < -0.4 is 9.88 Å². The molecular formula is C15H23NO3S. The Labute approximate surface area is 121 Å². The molecule has 0 saturated heterocycles. The first-order valence-electron chi connectivity index (χ1n) is 6.52. The highest BCUT2D eigenvalue weighted by atomic mass is 32.2. The molecule has 0 aliphatic carbocycles. The standard InChI is InChI=1S/C15H23NO3S/c1-6-11(2)10-19-14-8-7-12(20(16,17)18)9-13(14)15(3,4)5/h7-9H,2,6,10H2,1,3-5H3,(H2,16,17,18). The summed E-state index contributed by atoms with van der Waals surface area (Å²) in [5.74, 6) is 0.666. The molecule has 0 radical (unpaired) electrons. The molecular weight excluding hydrogens is 274 g/mol. The summed E-state index contributed by atoms with van der Waals surface area (Å²) in [6.45, 7) is 12.3. The topological polar surface area (TPSA) is 69.4 Å². The quantitative estimate of drug-likeness (QED) is 0.849. The summed E-state index contributed by atoms with van der Waals surface area (Å²) in [4.78, 5) is 0.101. The Balaban J connectivity index is 3.22. The van der Waals surface area contributed by atoms with Crippen LogP contribution in [0.5, 0.6) is 5.75 Å². The maximum atomic E-state index is 11.5. The predicted molar refractivity (Wildman–Crippen MR) is 81.4 cm³/mol. The van der Waals surface area contributed by atoms with Gasteiger partial charge in [0.15, 0.2) is 0 Å². The lowest BCUT2D eigenvalue weighted by Crippen LogP contribution is -2.17. The van der Waals surface area contributed by atoms with Crippen LogP contribution >= 0.6 is 0 Å². The summed E-state index contributed by atoms with van der Waals surface area (Å²) in [7, 11) is -3.71. The minimum Gasteiger partial charge on any atom is -0.489 e.